The average Bonchev–Trinajstić information content (AvgIpc) is 3.99. The number of hydrogen-bond donors (Lipinski definition) is 2. The molecule has 0 unspecified atom stereocenters. The number of aliphatic hydroxyl groups is 1. The van der Waals surface area contributed by atoms with Crippen molar-refractivity contribution in [2.45, 2.75) is 94.8 Å². The van der Waals surface area contributed by atoms with Crippen molar-refractivity contribution in [2.75, 3.05) is 13.6 Å². The van der Waals surface area contributed by atoms with Gasteiger partial charge in [-0.25, -0.2) is 18.4 Å². The van der Waals surface area contributed by atoms with Crippen molar-refractivity contribution < 1.29 is 45.8 Å². The molecule has 3 heterocycles. The smallest absolute Gasteiger partial charge is 0.434 e. The Kier molecular flexibility index (Phi) is 10.7. The fourth-order valence-corrected chi connectivity index (χ4v) is 10.5. The quantitative estimate of drug-likeness (QED) is 0.240. The lowest BCUT2D eigenvalue weighted by molar-refractivity contribution is -0.144. The number of thiazole rings is 1. The minimum Gasteiger partial charge on any atom is -0.490 e. The molecule has 5 atom stereocenters. The zero-order valence-electron chi connectivity index (χ0n) is 30.3. The molecule has 2 amide bonds. The number of allylic oxidation sites excluding steroid dienone is 2. The van der Waals surface area contributed by atoms with Crippen LogP contribution in [-0.2, 0) is 37.2 Å². The number of halogens is 4. The number of benzene rings is 1. The third-order valence-electron chi connectivity index (χ3n) is 11.7. The molecule has 0 bridgehead atoms. The number of Topliss-reactive ketones (excluding diaryl/α,β-unsaturated/α-hetero) is 1. The Bertz CT molecular complexity index is 2170. The zero-order chi connectivity index (χ0) is 39.5. The van der Waals surface area contributed by atoms with Gasteiger partial charge in [-0.15, -0.1) is 11.3 Å². The predicted octanol–water partition coefficient (Wildman–Crippen LogP) is 6.96. The van der Waals surface area contributed by atoms with Crippen molar-refractivity contribution in [3.05, 3.63) is 51.5 Å². The fourth-order valence-electron chi connectivity index (χ4n) is 7.82. The predicted molar refractivity (Wildman–Crippen MR) is 202 cm³/mol. The summed E-state index contributed by atoms with van der Waals surface area (Å²) in [6.45, 7) is 1.78. The molecule has 0 saturated heterocycles. The summed E-state index contributed by atoms with van der Waals surface area (Å²) in [5.41, 5.74) is -1.37. The number of fused-ring (bicyclic) bond motifs is 3. The highest BCUT2D eigenvalue weighted by atomic mass is 79.9. The summed E-state index contributed by atoms with van der Waals surface area (Å²) in [5.74, 6) is -2.80. The molecule has 7 rings (SSSR count). The van der Waals surface area contributed by atoms with Gasteiger partial charge in [0.25, 0.3) is 0 Å². The van der Waals surface area contributed by atoms with Crippen molar-refractivity contribution in [1.29, 1.82) is 0 Å². The van der Waals surface area contributed by atoms with Gasteiger partial charge < -0.3 is 14.7 Å². The Morgan fingerprint density at radius 3 is 2.62 bits per heavy atom. The lowest BCUT2D eigenvalue weighted by Crippen LogP contribution is -2.47. The molecule has 0 radical (unpaired) electrons. The summed E-state index contributed by atoms with van der Waals surface area (Å²) in [7, 11) is -2.24. The third kappa shape index (κ3) is 7.82. The molecule has 55 heavy (non-hydrogen) atoms. The van der Waals surface area contributed by atoms with Gasteiger partial charge in [-0.2, -0.15) is 13.2 Å². The SMILES string of the molecule is CN1CCCC/C=C\[C@@H]2C[C@@]2(C(=O)NS(=O)(=O)C2(C)CC2)CC(=O)[C@@H]2C[C@@H](Oc3cc(-c4nc(C(F)(F)F)cs4)nc4c(Br)c(CO)ccc34)CC[C@H]2C1=O. The van der Waals surface area contributed by atoms with Crippen LogP contribution in [0.25, 0.3) is 21.6 Å². The van der Waals surface area contributed by atoms with Crippen LogP contribution in [0.4, 0.5) is 13.2 Å². The van der Waals surface area contributed by atoms with Crippen molar-refractivity contribution in [3.8, 4) is 16.5 Å². The Hall–Kier alpha value is -3.41. The molecule has 1 aromatic carbocycles. The number of rotatable bonds is 7. The van der Waals surface area contributed by atoms with E-state index in [2.05, 4.69) is 30.6 Å². The van der Waals surface area contributed by atoms with Crippen LogP contribution in [0.5, 0.6) is 5.75 Å². The molecular formula is C38H42BrF3N4O7S2. The van der Waals surface area contributed by atoms with Gasteiger partial charge in [0.15, 0.2) is 5.69 Å². The van der Waals surface area contributed by atoms with Gasteiger partial charge in [0.2, 0.25) is 21.8 Å². The van der Waals surface area contributed by atoms with Crippen LogP contribution >= 0.6 is 27.3 Å². The first-order valence-corrected chi connectivity index (χ1v) is 21.6. The number of aliphatic hydroxyl groups excluding tert-OH is 1. The molecular weight excluding hydrogens is 825 g/mol. The van der Waals surface area contributed by atoms with E-state index in [0.717, 1.165) is 36.0 Å². The minimum atomic E-state index is -4.65. The van der Waals surface area contributed by atoms with E-state index in [-0.39, 0.29) is 53.5 Å². The van der Waals surface area contributed by atoms with E-state index in [0.29, 0.717) is 59.6 Å². The molecule has 0 spiro atoms. The van der Waals surface area contributed by atoms with E-state index < -0.39 is 55.9 Å². The monoisotopic (exact) mass is 866 g/mol. The molecule has 296 valence electrons. The van der Waals surface area contributed by atoms with Gasteiger partial charge in [-0.3, -0.25) is 19.1 Å². The second-order valence-electron chi connectivity index (χ2n) is 15.6. The number of ketones is 1. The number of ether oxygens (including phenoxy) is 1. The minimum absolute atomic E-state index is 0.00763. The molecule has 3 aromatic rings. The van der Waals surface area contributed by atoms with E-state index in [4.69, 9.17) is 4.74 Å². The number of hydrogen-bond acceptors (Lipinski definition) is 10. The van der Waals surface area contributed by atoms with Crippen LogP contribution in [0, 0.1) is 23.2 Å². The average molecular weight is 868 g/mol. The van der Waals surface area contributed by atoms with Gasteiger partial charge in [0.1, 0.15) is 22.2 Å². The van der Waals surface area contributed by atoms with Crippen molar-refractivity contribution >= 4 is 65.8 Å². The van der Waals surface area contributed by atoms with Crippen LogP contribution in [0.3, 0.4) is 0 Å². The molecule has 3 aliphatic carbocycles. The second kappa shape index (κ2) is 14.8. The maximum atomic E-state index is 14.5. The molecule has 1 aliphatic heterocycles. The van der Waals surface area contributed by atoms with E-state index in [1.807, 2.05) is 12.2 Å². The van der Waals surface area contributed by atoms with Crippen LogP contribution < -0.4 is 9.46 Å². The van der Waals surface area contributed by atoms with Crippen LogP contribution in [-0.4, -0.2) is 70.4 Å². The highest BCUT2D eigenvalue weighted by Gasteiger charge is 2.62. The van der Waals surface area contributed by atoms with E-state index >= 15 is 0 Å². The summed E-state index contributed by atoms with van der Waals surface area (Å²) in [5, 5.41) is 11.3. The van der Waals surface area contributed by atoms with Gasteiger partial charge in [0, 0.05) is 53.2 Å². The molecule has 11 nitrogen and oxygen atoms in total. The molecule has 4 aliphatic rings. The number of alkyl halides is 3. The van der Waals surface area contributed by atoms with Gasteiger partial charge in [-0.05, 0) is 98.2 Å². The standard InChI is InChI=1S/C38H42BrF3N4O7S2/c1-36(12-13-36)55(51,52)45-35(50)37-17-22(37)7-5-3-4-6-14-46(2)34(49)24-11-9-23(15-26(24)28(48)18-37)53-29-16-27(33-44-30(20-54-33)38(40,41)42)43-32-25(29)10-8-21(19-47)31(32)39/h5,7-8,10,16,20,22-24,26,47H,3-4,6,9,11-15,17-19H2,1-2H3,(H,45,50)/b7-5-/t22-,23+,24-,26-,37-/m1/s1. The first-order valence-electron chi connectivity index (χ1n) is 18.4. The Balaban J connectivity index is 1.21. The maximum absolute atomic E-state index is 14.5. The molecule has 17 heteroatoms. The summed E-state index contributed by atoms with van der Waals surface area (Å²) < 4.78 is 75.1. The van der Waals surface area contributed by atoms with Gasteiger partial charge >= 0.3 is 6.18 Å². The summed E-state index contributed by atoms with van der Waals surface area (Å²) in [6, 6.07) is 4.87. The number of carbonyl (C=O) groups is 3. The molecule has 2 N–H and O–H groups in total. The van der Waals surface area contributed by atoms with Crippen molar-refractivity contribution in [1.82, 2.24) is 19.6 Å². The zero-order valence-corrected chi connectivity index (χ0v) is 33.5. The first kappa shape index (κ1) is 39.8. The second-order valence-corrected chi connectivity index (χ2v) is 19.4. The Morgan fingerprint density at radius 1 is 1.16 bits per heavy atom. The number of nitrogens with one attached hydrogen (secondary N) is 1. The molecule has 3 fully saturated rings. The number of carbonyl (C=O) groups excluding carboxylic acids is 3. The number of nitrogens with zero attached hydrogens (tertiary/aromatic N) is 3. The van der Waals surface area contributed by atoms with E-state index in [1.165, 1.54) is 6.07 Å². The first-order chi connectivity index (χ1) is 26.0. The molecule has 3 saturated carbocycles. The van der Waals surface area contributed by atoms with Crippen molar-refractivity contribution in [3.63, 3.8) is 0 Å². The van der Waals surface area contributed by atoms with E-state index in [9.17, 15) is 41.1 Å². The lowest BCUT2D eigenvalue weighted by Gasteiger charge is -2.37. The number of sulfonamides is 1. The van der Waals surface area contributed by atoms with Gasteiger partial charge in [0.05, 0.1) is 28.4 Å². The Labute approximate surface area is 329 Å². The number of amides is 2. The summed E-state index contributed by atoms with van der Waals surface area (Å²) in [4.78, 5) is 52.4. The van der Waals surface area contributed by atoms with Gasteiger partial charge in [-0.1, -0.05) is 18.2 Å². The van der Waals surface area contributed by atoms with Crippen LogP contribution in [0.2, 0.25) is 0 Å². The highest BCUT2D eigenvalue weighted by Crippen LogP contribution is 2.58. The van der Waals surface area contributed by atoms with Crippen LogP contribution in [0.15, 0.2) is 40.2 Å². The van der Waals surface area contributed by atoms with E-state index in [1.54, 1.807) is 31.0 Å². The third-order valence-corrected chi connectivity index (χ3v) is 15.6. The number of aromatic nitrogens is 2. The largest absolute Gasteiger partial charge is 0.490 e. The summed E-state index contributed by atoms with van der Waals surface area (Å²) >= 11 is 4.26. The topological polar surface area (TPSA) is 156 Å². The molecule has 2 aromatic heterocycles. The van der Waals surface area contributed by atoms with Crippen LogP contribution in [0.1, 0.15) is 82.4 Å². The summed E-state index contributed by atoms with van der Waals surface area (Å²) in [6.07, 6.45) is 2.63. The lowest BCUT2D eigenvalue weighted by atomic mass is 9.72. The highest BCUT2D eigenvalue weighted by molar-refractivity contribution is 9.10. The maximum Gasteiger partial charge on any atom is 0.434 e. The number of pyridine rings is 1. The normalized spacial score (nSPS) is 27.8. The van der Waals surface area contributed by atoms with Crippen molar-refractivity contribution in [2.24, 2.45) is 23.2 Å². The fraction of sp³-hybridized carbons (Fsp3) is 0.553. The Morgan fingerprint density at radius 2 is 1.93 bits per heavy atom.